The monoisotopic (exact) mass is 361 g/mol. The van der Waals surface area contributed by atoms with Crippen molar-refractivity contribution < 1.29 is 41.4 Å². The van der Waals surface area contributed by atoms with Gasteiger partial charge in [0.25, 0.3) is 5.91 Å². The molecule has 0 saturated carbocycles. The van der Waals surface area contributed by atoms with Crippen molar-refractivity contribution in [2.45, 2.75) is 0 Å². The van der Waals surface area contributed by atoms with E-state index in [-0.39, 0.29) is 17.0 Å². The highest BCUT2D eigenvalue weighted by Crippen LogP contribution is 2.28. The minimum atomic E-state index is -2.41. The molecule has 0 aliphatic carbocycles. The van der Waals surface area contributed by atoms with E-state index < -0.39 is 46.5 Å². The van der Waals surface area contributed by atoms with Crippen molar-refractivity contribution in [3.8, 4) is 5.75 Å². The fourth-order valence-electron chi connectivity index (χ4n) is 1.93. The number of ether oxygens (including phenoxy) is 1. The van der Waals surface area contributed by atoms with E-state index in [4.69, 9.17) is 9.84 Å². The number of anilines is 1. The summed E-state index contributed by atoms with van der Waals surface area (Å²) in [6.45, 7) is 0. The number of benzene rings is 2. The molecule has 1 amide bonds. The van der Waals surface area contributed by atoms with Gasteiger partial charge >= 0.3 is 5.97 Å². The minimum Gasteiger partial charge on any atom is -0.495 e. The third-order valence-electron chi connectivity index (χ3n) is 3.13. The lowest BCUT2D eigenvalue weighted by Gasteiger charge is -2.12. The molecule has 0 atom stereocenters. The van der Waals surface area contributed by atoms with Crippen LogP contribution in [0.3, 0.4) is 0 Å². The lowest BCUT2D eigenvalue weighted by atomic mass is 10.1. The van der Waals surface area contributed by atoms with E-state index >= 15 is 0 Å². The molecule has 5 nitrogen and oxygen atoms in total. The Bertz CT molecular complexity index is 856. The summed E-state index contributed by atoms with van der Waals surface area (Å²) >= 11 is 0. The van der Waals surface area contributed by atoms with Crippen LogP contribution in [0.15, 0.2) is 18.2 Å². The number of nitrogens with one attached hydrogen (secondary N) is 1. The molecular formula is C15H8F5NO4. The molecule has 2 N–H and O–H groups in total. The van der Waals surface area contributed by atoms with Crippen LogP contribution in [0.5, 0.6) is 5.75 Å². The van der Waals surface area contributed by atoms with Gasteiger partial charge in [-0.1, -0.05) is 0 Å². The number of amides is 1. The van der Waals surface area contributed by atoms with E-state index in [1.165, 1.54) is 0 Å². The van der Waals surface area contributed by atoms with Gasteiger partial charge in [0.15, 0.2) is 23.3 Å². The first-order valence-corrected chi connectivity index (χ1v) is 6.43. The van der Waals surface area contributed by atoms with Crippen molar-refractivity contribution in [2.24, 2.45) is 0 Å². The average Bonchev–Trinajstić information content (AvgIpc) is 2.58. The highest BCUT2D eigenvalue weighted by molar-refractivity contribution is 6.06. The summed E-state index contributed by atoms with van der Waals surface area (Å²) in [6, 6.07) is 3.15. The maximum Gasteiger partial charge on any atom is 0.335 e. The molecule has 2 aromatic rings. The van der Waals surface area contributed by atoms with Crippen molar-refractivity contribution in [3.05, 3.63) is 58.4 Å². The van der Waals surface area contributed by atoms with Crippen molar-refractivity contribution in [2.75, 3.05) is 12.4 Å². The largest absolute Gasteiger partial charge is 0.495 e. The van der Waals surface area contributed by atoms with Crippen molar-refractivity contribution in [3.63, 3.8) is 0 Å². The molecule has 10 heteroatoms. The number of carboxylic acids is 1. The Kier molecular flexibility index (Phi) is 4.91. The fourth-order valence-corrected chi connectivity index (χ4v) is 1.93. The van der Waals surface area contributed by atoms with Gasteiger partial charge in [-0.25, -0.2) is 26.7 Å². The molecule has 0 heterocycles. The standard InChI is InChI=1S/C15H8F5NO4/c1-25-7-3-2-5(15(23)24)4-6(7)21-14(22)8-9(16)11(18)13(20)12(19)10(8)17/h2-4H,1H3,(H,21,22)(H,23,24). The Morgan fingerprint density at radius 3 is 1.96 bits per heavy atom. The normalized spacial score (nSPS) is 10.5. The van der Waals surface area contributed by atoms with Gasteiger partial charge in [-0.3, -0.25) is 4.79 Å². The predicted molar refractivity (Wildman–Crippen MR) is 74.1 cm³/mol. The Hall–Kier alpha value is -3.17. The van der Waals surface area contributed by atoms with Crippen LogP contribution >= 0.6 is 0 Å². The van der Waals surface area contributed by atoms with Crippen molar-refractivity contribution in [1.29, 1.82) is 0 Å². The summed E-state index contributed by atoms with van der Waals surface area (Å²) < 4.78 is 71.5. The number of methoxy groups -OCH3 is 1. The minimum absolute atomic E-state index is 0.0952. The summed E-state index contributed by atoms with van der Waals surface area (Å²) in [5, 5.41) is 10.8. The van der Waals surface area contributed by atoms with Crippen LogP contribution in [0.2, 0.25) is 0 Å². The second-order valence-electron chi connectivity index (χ2n) is 4.62. The zero-order valence-electron chi connectivity index (χ0n) is 12.3. The molecule has 0 aromatic heterocycles. The highest BCUT2D eigenvalue weighted by Gasteiger charge is 2.30. The van der Waals surface area contributed by atoms with E-state index in [9.17, 15) is 31.5 Å². The van der Waals surface area contributed by atoms with Gasteiger partial charge in [0, 0.05) is 0 Å². The second-order valence-corrected chi connectivity index (χ2v) is 4.62. The lowest BCUT2D eigenvalue weighted by Crippen LogP contribution is -2.20. The van der Waals surface area contributed by atoms with Crippen LogP contribution in [0, 0.1) is 29.1 Å². The summed E-state index contributed by atoms with van der Waals surface area (Å²) in [5.41, 5.74) is -2.36. The SMILES string of the molecule is COc1ccc(C(=O)O)cc1NC(=O)c1c(F)c(F)c(F)c(F)c1F. The number of rotatable bonds is 4. The first kappa shape index (κ1) is 18.2. The highest BCUT2D eigenvalue weighted by atomic mass is 19.2. The molecule has 0 unspecified atom stereocenters. The molecule has 0 saturated heterocycles. The van der Waals surface area contributed by atoms with Gasteiger partial charge in [0.1, 0.15) is 11.3 Å². The molecule has 0 bridgehead atoms. The number of carbonyl (C=O) groups is 2. The van der Waals surface area contributed by atoms with Crippen LogP contribution in [0.1, 0.15) is 20.7 Å². The third kappa shape index (κ3) is 3.23. The van der Waals surface area contributed by atoms with Crippen LogP contribution < -0.4 is 10.1 Å². The molecule has 0 spiro atoms. The Morgan fingerprint density at radius 1 is 0.960 bits per heavy atom. The first-order chi connectivity index (χ1) is 11.7. The number of halogens is 5. The number of hydrogen-bond acceptors (Lipinski definition) is 3. The third-order valence-corrected chi connectivity index (χ3v) is 3.13. The average molecular weight is 361 g/mol. The first-order valence-electron chi connectivity index (χ1n) is 6.43. The number of carboxylic acid groups (broad SMARTS) is 1. The lowest BCUT2D eigenvalue weighted by molar-refractivity contribution is 0.0696. The zero-order chi connectivity index (χ0) is 18.9. The van der Waals surface area contributed by atoms with Crippen molar-refractivity contribution >= 4 is 17.6 Å². The van der Waals surface area contributed by atoms with Gasteiger partial charge in [0.05, 0.1) is 18.4 Å². The summed E-state index contributed by atoms with van der Waals surface area (Å²) in [5.74, 6) is -14.8. The Morgan fingerprint density at radius 2 is 1.48 bits per heavy atom. The second kappa shape index (κ2) is 6.75. The van der Waals surface area contributed by atoms with Crippen molar-refractivity contribution in [1.82, 2.24) is 0 Å². The summed E-state index contributed by atoms with van der Waals surface area (Å²) in [7, 11) is 1.16. The van der Waals surface area contributed by atoms with Crippen LogP contribution in [-0.2, 0) is 0 Å². The smallest absolute Gasteiger partial charge is 0.335 e. The molecule has 0 fully saturated rings. The maximum atomic E-state index is 13.6. The van der Waals surface area contributed by atoms with Crippen LogP contribution in [0.25, 0.3) is 0 Å². The molecular weight excluding hydrogens is 353 g/mol. The van der Waals surface area contributed by atoms with E-state index in [2.05, 4.69) is 0 Å². The van der Waals surface area contributed by atoms with Gasteiger partial charge in [-0.05, 0) is 18.2 Å². The number of aromatic carboxylic acids is 1. The molecule has 132 valence electrons. The van der Waals surface area contributed by atoms with Gasteiger partial charge < -0.3 is 15.2 Å². The fraction of sp³-hybridized carbons (Fsp3) is 0.0667. The van der Waals surface area contributed by atoms with Crippen LogP contribution in [0.4, 0.5) is 27.6 Å². The number of hydrogen-bond donors (Lipinski definition) is 2. The summed E-state index contributed by atoms with van der Waals surface area (Å²) in [6.07, 6.45) is 0. The van der Waals surface area contributed by atoms with Crippen LogP contribution in [-0.4, -0.2) is 24.1 Å². The van der Waals surface area contributed by atoms with E-state index in [0.717, 1.165) is 25.3 Å². The van der Waals surface area contributed by atoms with Gasteiger partial charge in [0.2, 0.25) is 5.82 Å². The van der Waals surface area contributed by atoms with E-state index in [0.29, 0.717) is 0 Å². The maximum absolute atomic E-state index is 13.6. The molecule has 2 aromatic carbocycles. The summed E-state index contributed by atoms with van der Waals surface area (Å²) in [4.78, 5) is 22.9. The van der Waals surface area contributed by atoms with Gasteiger partial charge in [-0.2, -0.15) is 0 Å². The molecule has 0 radical (unpaired) electrons. The molecule has 2 rings (SSSR count). The van der Waals surface area contributed by atoms with E-state index in [1.54, 1.807) is 0 Å². The molecule has 25 heavy (non-hydrogen) atoms. The number of carbonyl (C=O) groups excluding carboxylic acids is 1. The Labute approximate surface area is 136 Å². The predicted octanol–water partition coefficient (Wildman–Crippen LogP) is 3.34. The van der Waals surface area contributed by atoms with E-state index in [1.807, 2.05) is 5.32 Å². The quantitative estimate of drug-likeness (QED) is 0.498. The molecule has 0 aliphatic rings. The Balaban J connectivity index is 2.51. The zero-order valence-corrected chi connectivity index (χ0v) is 12.3. The van der Waals surface area contributed by atoms with Gasteiger partial charge in [-0.15, -0.1) is 0 Å². The topological polar surface area (TPSA) is 75.6 Å². The molecule has 0 aliphatic heterocycles.